The first-order chi connectivity index (χ1) is 8.77. The van der Waals surface area contributed by atoms with Crippen LogP contribution in [-0.2, 0) is 14.9 Å². The molecule has 1 unspecified atom stereocenters. The fourth-order valence-electron chi connectivity index (χ4n) is 1.93. The minimum Gasteiger partial charge on any atom is -0.496 e. The van der Waals surface area contributed by atoms with Crippen molar-refractivity contribution in [1.82, 2.24) is 5.16 Å². The van der Waals surface area contributed by atoms with Gasteiger partial charge in [-0.15, -0.1) is 0 Å². The third kappa shape index (κ3) is 2.12. The van der Waals surface area contributed by atoms with Crippen molar-refractivity contribution in [2.75, 3.05) is 12.0 Å². The van der Waals surface area contributed by atoms with E-state index >= 15 is 0 Å². The molecule has 0 saturated carbocycles. The zero-order chi connectivity index (χ0) is 14.4. The number of anilines is 1. The van der Waals surface area contributed by atoms with Crippen LogP contribution in [0.4, 0.5) is 5.82 Å². The van der Waals surface area contributed by atoms with Crippen LogP contribution >= 0.6 is 0 Å². The van der Waals surface area contributed by atoms with Gasteiger partial charge in [-0.05, 0) is 6.92 Å². The molecule has 2 heterocycles. The Bertz CT molecular complexity index is 539. The molecule has 1 atom stereocenters. The van der Waals surface area contributed by atoms with Crippen molar-refractivity contribution in [2.24, 2.45) is 0 Å². The van der Waals surface area contributed by atoms with Crippen LogP contribution in [0.5, 0.6) is 0 Å². The molecule has 1 aliphatic heterocycles. The molecule has 1 N–H and O–H groups in total. The Kier molecular flexibility index (Phi) is 3.14. The maximum absolute atomic E-state index is 12.1. The molecule has 0 radical (unpaired) electrons. The third-order valence-electron chi connectivity index (χ3n) is 3.09. The molecule has 2 rings (SSSR count). The first-order valence-corrected chi connectivity index (χ1v) is 6.01. The highest BCUT2D eigenvalue weighted by atomic mass is 16.5. The van der Waals surface area contributed by atoms with Crippen LogP contribution in [0.25, 0.3) is 0 Å². The first kappa shape index (κ1) is 13.6. The molecule has 1 aromatic heterocycles. The highest BCUT2D eigenvalue weighted by molar-refractivity contribution is 6.08. The van der Waals surface area contributed by atoms with E-state index in [2.05, 4.69) is 5.16 Å². The smallest absolute Gasteiger partial charge is 0.261 e. The number of methoxy groups -OCH3 is 1. The van der Waals surface area contributed by atoms with E-state index in [1.807, 2.05) is 20.8 Å². The van der Waals surface area contributed by atoms with Crippen molar-refractivity contribution in [2.45, 2.75) is 39.3 Å². The van der Waals surface area contributed by atoms with Crippen LogP contribution in [0.1, 0.15) is 33.5 Å². The summed E-state index contributed by atoms with van der Waals surface area (Å²) in [5, 5.41) is 14.0. The highest BCUT2D eigenvalue weighted by Gasteiger charge is 2.40. The van der Waals surface area contributed by atoms with Crippen LogP contribution in [-0.4, -0.2) is 29.5 Å². The summed E-state index contributed by atoms with van der Waals surface area (Å²) in [5.74, 6) is 0.836. The largest absolute Gasteiger partial charge is 0.496 e. The summed E-state index contributed by atoms with van der Waals surface area (Å²) in [5.41, 5.74) is 0.154. The predicted molar refractivity (Wildman–Crippen MR) is 68.4 cm³/mol. The van der Waals surface area contributed by atoms with Gasteiger partial charge in [0.15, 0.2) is 17.8 Å². The van der Waals surface area contributed by atoms with Gasteiger partial charge in [-0.2, -0.15) is 0 Å². The van der Waals surface area contributed by atoms with Crippen LogP contribution in [0, 0.1) is 0 Å². The molecule has 0 aromatic carbocycles. The van der Waals surface area contributed by atoms with Gasteiger partial charge >= 0.3 is 0 Å². The summed E-state index contributed by atoms with van der Waals surface area (Å²) < 4.78 is 10.3. The Morgan fingerprint density at radius 3 is 2.53 bits per heavy atom. The summed E-state index contributed by atoms with van der Waals surface area (Å²) >= 11 is 0. The average Bonchev–Trinajstić information content (AvgIpc) is 2.85. The zero-order valence-corrected chi connectivity index (χ0v) is 11.7. The summed E-state index contributed by atoms with van der Waals surface area (Å²) in [6, 6.07) is 1.66. The molecule has 0 bridgehead atoms. The van der Waals surface area contributed by atoms with Crippen molar-refractivity contribution >= 4 is 11.7 Å². The molecular formula is C13H18N2O4. The quantitative estimate of drug-likeness (QED) is 0.879. The number of amides is 1. The molecule has 1 aromatic rings. The maximum Gasteiger partial charge on any atom is 0.261 e. The monoisotopic (exact) mass is 266 g/mol. The van der Waals surface area contributed by atoms with E-state index in [0.29, 0.717) is 11.3 Å². The van der Waals surface area contributed by atoms with E-state index in [1.54, 1.807) is 13.0 Å². The number of ether oxygens (including phenoxy) is 1. The van der Waals surface area contributed by atoms with Crippen molar-refractivity contribution in [3.63, 3.8) is 0 Å². The van der Waals surface area contributed by atoms with Crippen molar-refractivity contribution < 1.29 is 19.2 Å². The number of rotatable bonds is 2. The lowest BCUT2D eigenvalue weighted by Gasteiger charge is -2.18. The second-order valence-corrected chi connectivity index (χ2v) is 5.54. The number of aliphatic hydroxyl groups is 1. The number of carbonyl (C=O) groups excluding carboxylic acids is 1. The van der Waals surface area contributed by atoms with E-state index < -0.39 is 6.23 Å². The van der Waals surface area contributed by atoms with Crippen LogP contribution in [0.3, 0.4) is 0 Å². The first-order valence-electron chi connectivity index (χ1n) is 6.01. The van der Waals surface area contributed by atoms with Crippen molar-refractivity contribution in [3.8, 4) is 0 Å². The van der Waals surface area contributed by atoms with Gasteiger partial charge < -0.3 is 14.4 Å². The van der Waals surface area contributed by atoms with E-state index in [9.17, 15) is 9.90 Å². The molecule has 0 fully saturated rings. The Morgan fingerprint density at radius 1 is 1.47 bits per heavy atom. The minimum atomic E-state index is -1.16. The number of aromatic nitrogens is 1. The van der Waals surface area contributed by atoms with Gasteiger partial charge in [0.1, 0.15) is 5.76 Å². The summed E-state index contributed by atoms with van der Waals surface area (Å²) in [6.45, 7) is 7.53. The third-order valence-corrected chi connectivity index (χ3v) is 3.09. The standard InChI is InChI=1S/C13H18N2O4/c1-7-10(18-5)12(17)15(11(7)16)9-6-8(19-14-9)13(2,3)4/h6,12,17H,1-5H3. The molecule has 6 heteroatoms. The molecule has 0 saturated heterocycles. The fourth-order valence-corrected chi connectivity index (χ4v) is 1.93. The lowest BCUT2D eigenvalue weighted by molar-refractivity contribution is -0.115. The summed E-state index contributed by atoms with van der Waals surface area (Å²) in [4.78, 5) is 13.3. The Labute approximate surface area is 111 Å². The van der Waals surface area contributed by atoms with Gasteiger partial charge in [0, 0.05) is 11.5 Å². The number of hydrogen-bond acceptors (Lipinski definition) is 5. The Hall–Kier alpha value is -1.82. The van der Waals surface area contributed by atoms with Gasteiger partial charge in [0.2, 0.25) is 0 Å². The summed E-state index contributed by atoms with van der Waals surface area (Å²) in [6.07, 6.45) is -1.16. The molecule has 6 nitrogen and oxygen atoms in total. The van der Waals surface area contributed by atoms with Gasteiger partial charge in [0.05, 0.1) is 12.7 Å². The van der Waals surface area contributed by atoms with Gasteiger partial charge in [0.25, 0.3) is 5.91 Å². The minimum absolute atomic E-state index is 0.217. The van der Waals surface area contributed by atoms with Gasteiger partial charge in [-0.3, -0.25) is 9.69 Å². The second-order valence-electron chi connectivity index (χ2n) is 5.54. The number of nitrogens with zero attached hydrogens (tertiary/aromatic N) is 2. The Balaban J connectivity index is 2.35. The Morgan fingerprint density at radius 2 is 2.11 bits per heavy atom. The zero-order valence-electron chi connectivity index (χ0n) is 11.7. The molecule has 104 valence electrons. The molecular weight excluding hydrogens is 248 g/mol. The fraction of sp³-hybridized carbons (Fsp3) is 0.538. The van der Waals surface area contributed by atoms with E-state index in [0.717, 1.165) is 4.90 Å². The molecule has 1 amide bonds. The lowest BCUT2D eigenvalue weighted by atomic mass is 9.93. The molecule has 1 aliphatic rings. The second kappa shape index (κ2) is 4.38. The highest BCUT2D eigenvalue weighted by Crippen LogP contribution is 2.32. The SMILES string of the molecule is COC1=C(C)C(=O)N(c2cc(C(C)(C)C)on2)C1O. The molecule has 0 spiro atoms. The predicted octanol–water partition coefficient (Wildman–Crippen LogP) is 1.56. The molecule has 19 heavy (non-hydrogen) atoms. The summed E-state index contributed by atoms with van der Waals surface area (Å²) in [7, 11) is 1.42. The number of carbonyl (C=O) groups is 1. The van der Waals surface area contributed by atoms with Crippen LogP contribution < -0.4 is 4.90 Å². The van der Waals surface area contributed by atoms with Crippen LogP contribution in [0.2, 0.25) is 0 Å². The van der Waals surface area contributed by atoms with E-state index in [-0.39, 0.29) is 22.9 Å². The lowest BCUT2D eigenvalue weighted by Crippen LogP contribution is -2.36. The van der Waals surface area contributed by atoms with E-state index in [4.69, 9.17) is 9.26 Å². The van der Waals surface area contributed by atoms with Gasteiger partial charge in [-0.1, -0.05) is 25.9 Å². The van der Waals surface area contributed by atoms with Crippen molar-refractivity contribution in [1.29, 1.82) is 0 Å². The van der Waals surface area contributed by atoms with E-state index in [1.165, 1.54) is 7.11 Å². The van der Waals surface area contributed by atoms with Crippen molar-refractivity contribution in [3.05, 3.63) is 23.2 Å². The number of aliphatic hydroxyl groups excluding tert-OH is 1. The number of hydrogen-bond donors (Lipinski definition) is 1. The topological polar surface area (TPSA) is 75.8 Å². The average molecular weight is 266 g/mol. The normalized spacial score (nSPS) is 20.4. The van der Waals surface area contributed by atoms with Gasteiger partial charge in [-0.25, -0.2) is 0 Å². The van der Waals surface area contributed by atoms with Crippen LogP contribution in [0.15, 0.2) is 21.9 Å². The molecule has 0 aliphatic carbocycles. The maximum atomic E-state index is 12.1.